The monoisotopic (exact) mass is 228 g/mol. The lowest BCUT2D eigenvalue weighted by Gasteiger charge is -2.04. The van der Waals surface area contributed by atoms with Crippen molar-refractivity contribution < 1.29 is 0 Å². The molecule has 0 aliphatic heterocycles. The van der Waals surface area contributed by atoms with Gasteiger partial charge in [-0.3, -0.25) is 0 Å². The molecular weight excluding hydrogens is 216 g/mol. The first kappa shape index (κ1) is 11.1. The highest BCUT2D eigenvalue weighted by molar-refractivity contribution is 5.38. The van der Waals surface area contributed by atoms with Crippen molar-refractivity contribution in [3.05, 3.63) is 36.0 Å². The van der Waals surface area contributed by atoms with Gasteiger partial charge in [0.15, 0.2) is 0 Å². The van der Waals surface area contributed by atoms with E-state index in [9.17, 15) is 0 Å². The minimum atomic E-state index is 0.411. The van der Waals surface area contributed by atoms with Crippen LogP contribution in [0.25, 0.3) is 0 Å². The molecule has 0 spiro atoms. The molecule has 0 amide bonds. The zero-order valence-corrected chi connectivity index (χ0v) is 9.46. The van der Waals surface area contributed by atoms with Crippen LogP contribution in [0.15, 0.2) is 24.5 Å². The van der Waals surface area contributed by atoms with E-state index in [1.165, 1.54) is 0 Å². The summed E-state index contributed by atoms with van der Waals surface area (Å²) in [7, 11) is 1.91. The van der Waals surface area contributed by atoms with Crippen LogP contribution < -0.4 is 5.32 Å². The molecule has 0 aliphatic carbocycles. The average Bonchev–Trinajstić information content (AvgIpc) is 2.76. The standard InChI is InChI=1S/C11H12N6/c1-17-8-14-16-11(17)5-6-13-10-4-2-3-9(7-12)15-10/h2-4,8H,5-6H2,1H3,(H,13,15). The van der Waals surface area contributed by atoms with Gasteiger partial charge in [-0.05, 0) is 12.1 Å². The van der Waals surface area contributed by atoms with Crippen molar-refractivity contribution in [2.75, 3.05) is 11.9 Å². The van der Waals surface area contributed by atoms with Crippen LogP contribution in [0.3, 0.4) is 0 Å². The van der Waals surface area contributed by atoms with Crippen LogP contribution in [0.5, 0.6) is 0 Å². The Labute approximate surface area is 98.9 Å². The van der Waals surface area contributed by atoms with Gasteiger partial charge in [-0.2, -0.15) is 5.26 Å². The molecule has 0 fully saturated rings. The summed E-state index contributed by atoms with van der Waals surface area (Å²) in [6.45, 7) is 0.703. The van der Waals surface area contributed by atoms with E-state index in [0.717, 1.165) is 12.2 Å². The lowest BCUT2D eigenvalue weighted by molar-refractivity contribution is 0.787. The van der Waals surface area contributed by atoms with Crippen molar-refractivity contribution >= 4 is 5.82 Å². The van der Waals surface area contributed by atoms with E-state index < -0.39 is 0 Å². The maximum absolute atomic E-state index is 8.71. The predicted molar refractivity (Wildman–Crippen MR) is 62.1 cm³/mol. The van der Waals surface area contributed by atoms with Gasteiger partial charge in [-0.25, -0.2) is 4.98 Å². The van der Waals surface area contributed by atoms with E-state index in [0.29, 0.717) is 18.1 Å². The maximum atomic E-state index is 8.71. The molecule has 6 nitrogen and oxygen atoms in total. The van der Waals surface area contributed by atoms with Crippen molar-refractivity contribution in [3.63, 3.8) is 0 Å². The van der Waals surface area contributed by atoms with Crippen LogP contribution in [0.1, 0.15) is 11.5 Å². The fraction of sp³-hybridized carbons (Fsp3) is 0.273. The minimum Gasteiger partial charge on any atom is -0.370 e. The van der Waals surface area contributed by atoms with Gasteiger partial charge in [-0.15, -0.1) is 10.2 Å². The molecule has 0 unspecified atom stereocenters. The fourth-order valence-corrected chi connectivity index (χ4v) is 1.43. The average molecular weight is 228 g/mol. The van der Waals surface area contributed by atoms with Gasteiger partial charge in [0.05, 0.1) is 0 Å². The zero-order chi connectivity index (χ0) is 12.1. The molecule has 2 heterocycles. The Hall–Kier alpha value is -2.42. The molecule has 2 aromatic rings. The first-order chi connectivity index (χ1) is 8.29. The topological polar surface area (TPSA) is 79.4 Å². The molecular formula is C11H12N6. The number of nitriles is 1. The number of hydrogen-bond donors (Lipinski definition) is 1. The highest BCUT2D eigenvalue weighted by Gasteiger charge is 2.00. The van der Waals surface area contributed by atoms with E-state index in [4.69, 9.17) is 5.26 Å². The molecule has 0 atom stereocenters. The largest absolute Gasteiger partial charge is 0.370 e. The molecule has 86 valence electrons. The van der Waals surface area contributed by atoms with Gasteiger partial charge in [0.2, 0.25) is 0 Å². The summed E-state index contributed by atoms with van der Waals surface area (Å²) in [6, 6.07) is 7.31. The van der Waals surface area contributed by atoms with Crippen molar-refractivity contribution in [3.8, 4) is 6.07 Å². The summed E-state index contributed by atoms with van der Waals surface area (Å²) in [5.74, 6) is 1.61. The molecule has 0 radical (unpaired) electrons. The van der Waals surface area contributed by atoms with Crippen molar-refractivity contribution in [1.82, 2.24) is 19.7 Å². The Kier molecular flexibility index (Phi) is 3.31. The number of nitrogens with zero attached hydrogens (tertiary/aromatic N) is 5. The predicted octanol–water partition coefficient (Wildman–Crippen LogP) is 0.736. The third kappa shape index (κ3) is 2.78. The molecule has 1 N–H and O–H groups in total. The van der Waals surface area contributed by atoms with Crippen LogP contribution >= 0.6 is 0 Å². The second kappa shape index (κ2) is 5.07. The van der Waals surface area contributed by atoms with Crippen molar-refractivity contribution in [2.45, 2.75) is 6.42 Å². The highest BCUT2D eigenvalue weighted by Crippen LogP contribution is 2.04. The van der Waals surface area contributed by atoms with Gasteiger partial charge in [0, 0.05) is 20.0 Å². The molecule has 17 heavy (non-hydrogen) atoms. The minimum absolute atomic E-state index is 0.411. The summed E-state index contributed by atoms with van der Waals surface area (Å²) in [6.07, 6.45) is 2.43. The van der Waals surface area contributed by atoms with Crippen LogP contribution in [-0.2, 0) is 13.5 Å². The van der Waals surface area contributed by atoms with E-state index in [2.05, 4.69) is 20.5 Å². The number of anilines is 1. The third-order valence-corrected chi connectivity index (χ3v) is 2.32. The number of aryl methyl sites for hydroxylation is 1. The lowest BCUT2D eigenvalue weighted by Crippen LogP contribution is -2.09. The molecule has 0 saturated carbocycles. The summed E-state index contributed by atoms with van der Waals surface area (Å²) in [4.78, 5) is 4.12. The summed E-state index contributed by atoms with van der Waals surface area (Å²) < 4.78 is 1.88. The molecule has 0 aliphatic rings. The molecule has 2 aromatic heterocycles. The van der Waals surface area contributed by atoms with Crippen molar-refractivity contribution in [2.24, 2.45) is 7.05 Å². The maximum Gasteiger partial charge on any atom is 0.142 e. The van der Waals surface area contributed by atoms with E-state index in [-0.39, 0.29) is 0 Å². The lowest BCUT2D eigenvalue weighted by atomic mass is 10.3. The first-order valence-corrected chi connectivity index (χ1v) is 5.23. The van der Waals surface area contributed by atoms with Crippen LogP contribution in [-0.4, -0.2) is 26.3 Å². The van der Waals surface area contributed by atoms with Gasteiger partial charge in [-0.1, -0.05) is 6.07 Å². The van der Waals surface area contributed by atoms with E-state index in [1.807, 2.05) is 23.8 Å². The second-order valence-electron chi connectivity index (χ2n) is 3.55. The van der Waals surface area contributed by atoms with Crippen LogP contribution in [0.4, 0.5) is 5.82 Å². The third-order valence-electron chi connectivity index (χ3n) is 2.32. The van der Waals surface area contributed by atoms with Gasteiger partial charge in [0.1, 0.15) is 29.7 Å². The first-order valence-electron chi connectivity index (χ1n) is 5.23. The molecule has 2 rings (SSSR count). The number of hydrogen-bond acceptors (Lipinski definition) is 5. The summed E-state index contributed by atoms with van der Waals surface area (Å²) >= 11 is 0. The quantitative estimate of drug-likeness (QED) is 0.834. The number of rotatable bonds is 4. The molecule has 0 aromatic carbocycles. The molecule has 6 heteroatoms. The molecule has 0 bridgehead atoms. The fourth-order valence-electron chi connectivity index (χ4n) is 1.43. The number of aromatic nitrogens is 4. The second-order valence-corrected chi connectivity index (χ2v) is 3.55. The number of pyridine rings is 1. The summed E-state index contributed by atoms with van der Waals surface area (Å²) in [5.41, 5.74) is 0.411. The Morgan fingerprint density at radius 2 is 2.35 bits per heavy atom. The Morgan fingerprint density at radius 3 is 3.06 bits per heavy atom. The molecule has 0 saturated heterocycles. The van der Waals surface area contributed by atoms with Gasteiger partial charge < -0.3 is 9.88 Å². The van der Waals surface area contributed by atoms with Crippen LogP contribution in [0.2, 0.25) is 0 Å². The van der Waals surface area contributed by atoms with E-state index >= 15 is 0 Å². The SMILES string of the molecule is Cn1cnnc1CCNc1cccc(C#N)n1. The smallest absolute Gasteiger partial charge is 0.142 e. The number of nitrogens with one attached hydrogen (secondary N) is 1. The van der Waals surface area contributed by atoms with Crippen molar-refractivity contribution in [1.29, 1.82) is 5.26 Å². The van der Waals surface area contributed by atoms with Gasteiger partial charge >= 0.3 is 0 Å². The summed E-state index contributed by atoms with van der Waals surface area (Å²) in [5, 5.41) is 19.6. The zero-order valence-electron chi connectivity index (χ0n) is 9.46. The normalized spacial score (nSPS) is 9.88. The highest BCUT2D eigenvalue weighted by atomic mass is 15.2. The Bertz CT molecular complexity index is 539. The Morgan fingerprint density at radius 1 is 1.47 bits per heavy atom. The Balaban J connectivity index is 1.90. The van der Waals surface area contributed by atoms with Crippen LogP contribution in [0, 0.1) is 11.3 Å². The van der Waals surface area contributed by atoms with E-state index in [1.54, 1.807) is 18.5 Å². The van der Waals surface area contributed by atoms with Gasteiger partial charge in [0.25, 0.3) is 0 Å².